The second-order valence-electron chi connectivity index (χ2n) is 12.2. The number of hydrogen-bond acceptors (Lipinski definition) is 4. The molecule has 1 aliphatic carbocycles. The molecule has 1 saturated carbocycles. The van der Waals surface area contributed by atoms with Gasteiger partial charge in [0.2, 0.25) is 0 Å². The molecule has 0 bridgehead atoms. The lowest BCUT2D eigenvalue weighted by atomic mass is 9.70. The summed E-state index contributed by atoms with van der Waals surface area (Å²) in [6.07, 6.45) is 5.26. The van der Waals surface area contributed by atoms with Gasteiger partial charge < -0.3 is 10.6 Å². The molecule has 2 aromatic carbocycles. The number of urea groups is 1. The van der Waals surface area contributed by atoms with Gasteiger partial charge in [0.1, 0.15) is 11.6 Å². The van der Waals surface area contributed by atoms with Crippen molar-refractivity contribution >= 4 is 23.3 Å². The molecule has 3 aromatic rings. The predicted octanol–water partition coefficient (Wildman–Crippen LogP) is 6.57. The van der Waals surface area contributed by atoms with Crippen molar-refractivity contribution in [1.29, 1.82) is 0 Å². The summed E-state index contributed by atoms with van der Waals surface area (Å²) >= 11 is 0. The first-order chi connectivity index (χ1) is 18.7. The molecule has 2 fully saturated rings. The summed E-state index contributed by atoms with van der Waals surface area (Å²) in [6, 6.07) is 17.5. The van der Waals surface area contributed by atoms with Crippen LogP contribution in [0.25, 0.3) is 5.69 Å². The van der Waals surface area contributed by atoms with Crippen molar-refractivity contribution in [2.24, 2.45) is 11.8 Å². The number of piperidine rings is 1. The van der Waals surface area contributed by atoms with E-state index in [1.807, 2.05) is 61.5 Å². The van der Waals surface area contributed by atoms with E-state index >= 15 is 0 Å². The fourth-order valence-corrected chi connectivity index (χ4v) is 5.56. The number of aromatic nitrogens is 2. The van der Waals surface area contributed by atoms with E-state index in [1.54, 1.807) is 4.68 Å². The van der Waals surface area contributed by atoms with Crippen LogP contribution in [0.2, 0.25) is 0 Å². The summed E-state index contributed by atoms with van der Waals surface area (Å²) < 4.78 is 1.78. The molecule has 2 aliphatic rings. The molecular formula is C32H41N5O2. The van der Waals surface area contributed by atoms with Crippen molar-refractivity contribution < 1.29 is 9.59 Å². The van der Waals surface area contributed by atoms with Gasteiger partial charge in [0.25, 0.3) is 0 Å². The van der Waals surface area contributed by atoms with E-state index in [2.05, 4.69) is 36.7 Å². The van der Waals surface area contributed by atoms with Gasteiger partial charge in [0, 0.05) is 29.0 Å². The third-order valence-corrected chi connectivity index (χ3v) is 8.19. The number of aryl methyl sites for hydroxylation is 1. The van der Waals surface area contributed by atoms with Crippen molar-refractivity contribution in [3.63, 3.8) is 0 Å². The molecule has 3 N–H and O–H groups in total. The molecule has 0 spiro atoms. The molecule has 2 heterocycles. The molecule has 7 heteroatoms. The number of nitrogens with zero attached hydrogens (tertiary/aromatic N) is 2. The summed E-state index contributed by atoms with van der Waals surface area (Å²) in [5, 5.41) is 14.2. The van der Waals surface area contributed by atoms with E-state index in [0.717, 1.165) is 67.7 Å². The average Bonchev–Trinajstić information content (AvgIpc) is 3.29. The van der Waals surface area contributed by atoms with E-state index < -0.39 is 0 Å². The van der Waals surface area contributed by atoms with Crippen LogP contribution in [0, 0.1) is 18.8 Å². The van der Waals surface area contributed by atoms with Gasteiger partial charge in [0.15, 0.2) is 0 Å². The number of rotatable bonds is 7. The van der Waals surface area contributed by atoms with Gasteiger partial charge in [-0.1, -0.05) is 57.0 Å². The Morgan fingerprint density at radius 1 is 0.949 bits per heavy atom. The van der Waals surface area contributed by atoms with E-state index in [0.29, 0.717) is 23.2 Å². The monoisotopic (exact) mass is 527 g/mol. The normalized spacial score (nSPS) is 17.3. The lowest BCUT2D eigenvalue weighted by molar-refractivity contribution is -0.128. The topological polar surface area (TPSA) is 88.1 Å². The van der Waals surface area contributed by atoms with Gasteiger partial charge in [-0.15, -0.1) is 0 Å². The number of Topliss-reactive ketones (excluding diaryl/α,β-unsaturated/α-hetero) is 1. The van der Waals surface area contributed by atoms with Gasteiger partial charge in [-0.3, -0.25) is 10.1 Å². The highest BCUT2D eigenvalue weighted by molar-refractivity contribution is 5.99. The van der Waals surface area contributed by atoms with Crippen molar-refractivity contribution in [3.05, 3.63) is 71.4 Å². The van der Waals surface area contributed by atoms with Crippen LogP contribution >= 0.6 is 0 Å². The van der Waals surface area contributed by atoms with Crippen LogP contribution in [0.15, 0.2) is 54.6 Å². The second kappa shape index (κ2) is 11.3. The van der Waals surface area contributed by atoms with Crippen LogP contribution in [0.4, 0.5) is 16.3 Å². The van der Waals surface area contributed by atoms with E-state index in [1.165, 1.54) is 0 Å². The fraction of sp³-hybridized carbons (Fsp3) is 0.469. The minimum absolute atomic E-state index is 0.0556. The maximum absolute atomic E-state index is 13.4. The Morgan fingerprint density at radius 2 is 1.62 bits per heavy atom. The Labute approximate surface area is 231 Å². The molecule has 1 aromatic heterocycles. The van der Waals surface area contributed by atoms with Crippen LogP contribution in [0.3, 0.4) is 0 Å². The fourth-order valence-electron chi connectivity index (χ4n) is 5.56. The predicted molar refractivity (Wildman–Crippen MR) is 157 cm³/mol. The molecule has 1 atom stereocenters. The van der Waals surface area contributed by atoms with Crippen molar-refractivity contribution in [2.75, 3.05) is 23.7 Å². The maximum atomic E-state index is 13.4. The lowest BCUT2D eigenvalue weighted by Gasteiger charge is -2.35. The third kappa shape index (κ3) is 6.25. The molecule has 1 aliphatic heterocycles. The van der Waals surface area contributed by atoms with E-state index in [4.69, 9.17) is 5.10 Å². The van der Waals surface area contributed by atoms with Crippen LogP contribution in [-0.4, -0.2) is 34.7 Å². The molecule has 0 radical (unpaired) electrons. The number of carbonyl (C=O) groups excluding carboxylic acids is 2. The molecule has 2 amide bonds. The molecule has 39 heavy (non-hydrogen) atoms. The highest BCUT2D eigenvalue weighted by atomic mass is 16.2. The molecule has 7 nitrogen and oxygen atoms in total. The SMILES string of the molecule is Cc1ccc(-n2nc(C(C)(C)C)cc2NC(=O)Nc2ccc(C(C(=O)C3CCC3)C3CCNCC3)cc2)cc1. The van der Waals surface area contributed by atoms with E-state index in [9.17, 15) is 9.59 Å². The van der Waals surface area contributed by atoms with Gasteiger partial charge in [-0.2, -0.15) is 5.10 Å². The number of amides is 2. The summed E-state index contributed by atoms with van der Waals surface area (Å²) in [6.45, 7) is 10.3. The molecule has 1 unspecified atom stereocenters. The average molecular weight is 528 g/mol. The first-order valence-electron chi connectivity index (χ1n) is 14.3. The van der Waals surface area contributed by atoms with Gasteiger partial charge in [0.05, 0.1) is 11.4 Å². The summed E-state index contributed by atoms with van der Waals surface area (Å²) in [7, 11) is 0. The number of hydrogen-bond donors (Lipinski definition) is 3. The number of anilines is 2. The lowest BCUT2D eigenvalue weighted by Crippen LogP contribution is -2.37. The number of carbonyl (C=O) groups is 2. The number of nitrogens with one attached hydrogen (secondary N) is 3. The Bertz CT molecular complexity index is 1290. The van der Waals surface area contributed by atoms with Crippen molar-refractivity contribution in [1.82, 2.24) is 15.1 Å². The van der Waals surface area contributed by atoms with Crippen LogP contribution in [0.5, 0.6) is 0 Å². The Balaban J connectivity index is 1.32. The molecule has 5 rings (SSSR count). The quantitative estimate of drug-likeness (QED) is 0.324. The second-order valence-corrected chi connectivity index (χ2v) is 12.2. The Morgan fingerprint density at radius 3 is 2.21 bits per heavy atom. The third-order valence-electron chi connectivity index (χ3n) is 8.19. The minimum atomic E-state index is -0.336. The van der Waals surface area contributed by atoms with Gasteiger partial charge >= 0.3 is 6.03 Å². The standard InChI is InChI=1S/C32H41N5O2/c1-21-8-14-26(15-9-21)37-28(20-27(36-37)32(2,3)4)35-31(39)34-25-12-10-22(11-13-25)29(23-16-18-33-19-17-23)30(38)24-6-5-7-24/h8-15,20,23-24,29,33H,5-7,16-19H2,1-4H3,(H2,34,35,39). The maximum Gasteiger partial charge on any atom is 0.324 e. The summed E-state index contributed by atoms with van der Waals surface area (Å²) in [5.41, 5.74) is 4.53. The number of benzene rings is 2. The van der Waals surface area contributed by atoms with Crippen molar-refractivity contribution in [2.45, 2.75) is 71.1 Å². The van der Waals surface area contributed by atoms with Crippen LogP contribution in [-0.2, 0) is 10.2 Å². The Kier molecular flexibility index (Phi) is 7.89. The minimum Gasteiger partial charge on any atom is -0.317 e. The van der Waals surface area contributed by atoms with Crippen LogP contribution < -0.4 is 16.0 Å². The van der Waals surface area contributed by atoms with Gasteiger partial charge in [-0.25, -0.2) is 9.48 Å². The molecular weight excluding hydrogens is 486 g/mol. The largest absolute Gasteiger partial charge is 0.324 e. The van der Waals surface area contributed by atoms with Gasteiger partial charge in [-0.05, 0) is 81.4 Å². The van der Waals surface area contributed by atoms with Crippen LogP contribution in [0.1, 0.15) is 75.6 Å². The highest BCUT2D eigenvalue weighted by Crippen LogP contribution is 2.39. The zero-order chi connectivity index (χ0) is 27.6. The number of ketones is 1. The molecule has 206 valence electrons. The highest BCUT2D eigenvalue weighted by Gasteiger charge is 2.37. The molecule has 1 saturated heterocycles. The van der Waals surface area contributed by atoms with E-state index in [-0.39, 0.29) is 23.3 Å². The van der Waals surface area contributed by atoms with Crippen molar-refractivity contribution in [3.8, 4) is 5.69 Å². The smallest absolute Gasteiger partial charge is 0.317 e. The summed E-state index contributed by atoms with van der Waals surface area (Å²) in [4.78, 5) is 26.5. The zero-order valence-corrected chi connectivity index (χ0v) is 23.6. The first kappa shape index (κ1) is 27.1. The Hall–Kier alpha value is -3.45. The first-order valence-corrected chi connectivity index (χ1v) is 14.3. The summed E-state index contributed by atoms with van der Waals surface area (Å²) in [5.74, 6) is 1.55. The zero-order valence-electron chi connectivity index (χ0n) is 23.6.